The molecule has 1 unspecified atom stereocenters. The van der Waals surface area contributed by atoms with E-state index in [4.69, 9.17) is 4.42 Å². The van der Waals surface area contributed by atoms with Crippen LogP contribution in [0.5, 0.6) is 0 Å². The van der Waals surface area contributed by atoms with Crippen molar-refractivity contribution in [3.05, 3.63) is 23.7 Å². The molecule has 3 rings (SSSR count). The summed E-state index contributed by atoms with van der Waals surface area (Å²) < 4.78 is 5.70. The summed E-state index contributed by atoms with van der Waals surface area (Å²) in [5.41, 5.74) is 0. The van der Waals surface area contributed by atoms with Crippen LogP contribution in [0.15, 0.2) is 16.5 Å². The first-order valence-corrected chi connectivity index (χ1v) is 8.49. The van der Waals surface area contributed by atoms with Gasteiger partial charge in [0.15, 0.2) is 0 Å². The van der Waals surface area contributed by atoms with Gasteiger partial charge in [-0.3, -0.25) is 4.79 Å². The van der Waals surface area contributed by atoms with Gasteiger partial charge in [-0.1, -0.05) is 0 Å². The maximum absolute atomic E-state index is 12.0. The van der Waals surface area contributed by atoms with Crippen LogP contribution < -0.4 is 0 Å². The highest BCUT2D eigenvalue weighted by Gasteiger charge is 2.34. The molecule has 3 heterocycles. The minimum atomic E-state index is 0.0785. The summed E-state index contributed by atoms with van der Waals surface area (Å²) in [6, 6.07) is 3.97. The van der Waals surface area contributed by atoms with E-state index in [2.05, 4.69) is 4.90 Å². The Morgan fingerprint density at radius 3 is 2.80 bits per heavy atom. The van der Waals surface area contributed by atoms with E-state index < -0.39 is 0 Å². The highest BCUT2D eigenvalue weighted by atomic mass is 32.2. The number of carbonyl (C=O) groups is 1. The minimum Gasteiger partial charge on any atom is -0.463 e. The molecule has 0 bridgehead atoms. The van der Waals surface area contributed by atoms with Crippen LogP contribution in [0.25, 0.3) is 0 Å². The average molecular weight is 294 g/mol. The number of rotatable bonds is 5. The molecule has 110 valence electrons. The van der Waals surface area contributed by atoms with Crippen molar-refractivity contribution in [3.63, 3.8) is 0 Å². The van der Waals surface area contributed by atoms with Crippen molar-refractivity contribution >= 4 is 17.7 Å². The summed E-state index contributed by atoms with van der Waals surface area (Å²) in [6.45, 7) is 6.35. The predicted octanol–water partition coefficient (Wildman–Crippen LogP) is 2.65. The molecule has 0 aromatic carbocycles. The Kier molecular flexibility index (Phi) is 4.36. The zero-order valence-electron chi connectivity index (χ0n) is 12.0. The third-order valence-corrected chi connectivity index (χ3v) is 5.26. The standard InChI is InChI=1S/C15H22N2O2S/c1-12-5-6-13(19-12)15-17(14(18)11-20-15)10-4-9-16-7-2-3-8-16/h5-6,15H,2-4,7-11H2,1H3. The van der Waals surface area contributed by atoms with Crippen molar-refractivity contribution in [2.24, 2.45) is 0 Å². The highest BCUT2D eigenvalue weighted by molar-refractivity contribution is 8.00. The van der Waals surface area contributed by atoms with E-state index in [1.165, 1.54) is 25.9 Å². The maximum atomic E-state index is 12.0. The number of furan rings is 1. The lowest BCUT2D eigenvalue weighted by Gasteiger charge is -2.23. The lowest BCUT2D eigenvalue weighted by atomic mass is 10.3. The molecule has 2 fully saturated rings. The van der Waals surface area contributed by atoms with Gasteiger partial charge in [-0.15, -0.1) is 11.8 Å². The van der Waals surface area contributed by atoms with Gasteiger partial charge in [0.1, 0.15) is 16.9 Å². The van der Waals surface area contributed by atoms with Crippen LogP contribution in [0, 0.1) is 6.92 Å². The van der Waals surface area contributed by atoms with E-state index in [1.54, 1.807) is 11.8 Å². The molecule has 1 aromatic rings. The molecule has 0 spiro atoms. The second kappa shape index (κ2) is 6.22. The van der Waals surface area contributed by atoms with Crippen molar-refractivity contribution < 1.29 is 9.21 Å². The fraction of sp³-hybridized carbons (Fsp3) is 0.667. The smallest absolute Gasteiger partial charge is 0.233 e. The van der Waals surface area contributed by atoms with Gasteiger partial charge in [0.25, 0.3) is 0 Å². The van der Waals surface area contributed by atoms with Gasteiger partial charge in [-0.2, -0.15) is 0 Å². The fourth-order valence-corrected chi connectivity index (χ4v) is 4.15. The number of amides is 1. The number of likely N-dealkylation sites (tertiary alicyclic amines) is 1. The summed E-state index contributed by atoms with van der Waals surface area (Å²) >= 11 is 1.68. The first-order valence-electron chi connectivity index (χ1n) is 7.44. The van der Waals surface area contributed by atoms with Crippen molar-refractivity contribution in [1.29, 1.82) is 0 Å². The molecule has 0 aliphatic carbocycles. The largest absolute Gasteiger partial charge is 0.463 e. The van der Waals surface area contributed by atoms with Gasteiger partial charge in [-0.05, 0) is 58.0 Å². The zero-order chi connectivity index (χ0) is 13.9. The number of thioether (sulfide) groups is 1. The van der Waals surface area contributed by atoms with Crippen molar-refractivity contribution in [2.75, 3.05) is 31.9 Å². The van der Waals surface area contributed by atoms with Gasteiger partial charge < -0.3 is 14.2 Å². The summed E-state index contributed by atoms with van der Waals surface area (Å²) in [4.78, 5) is 16.5. The van der Waals surface area contributed by atoms with Gasteiger partial charge in [-0.25, -0.2) is 0 Å². The van der Waals surface area contributed by atoms with Crippen LogP contribution in [0.2, 0.25) is 0 Å². The molecule has 20 heavy (non-hydrogen) atoms. The molecule has 2 saturated heterocycles. The molecule has 2 aliphatic rings. The Labute approximate surface area is 124 Å². The van der Waals surface area contributed by atoms with E-state index in [-0.39, 0.29) is 11.3 Å². The van der Waals surface area contributed by atoms with Crippen LogP contribution >= 0.6 is 11.8 Å². The third-order valence-electron chi connectivity index (χ3n) is 4.04. The molecule has 2 aliphatic heterocycles. The Balaban J connectivity index is 1.56. The normalized spacial score (nSPS) is 23.9. The quantitative estimate of drug-likeness (QED) is 0.836. The summed E-state index contributed by atoms with van der Waals surface area (Å²) in [6.07, 6.45) is 3.71. The molecule has 0 N–H and O–H groups in total. The van der Waals surface area contributed by atoms with E-state index in [0.29, 0.717) is 5.75 Å². The number of nitrogens with zero attached hydrogens (tertiary/aromatic N) is 2. The van der Waals surface area contributed by atoms with Crippen molar-refractivity contribution in [2.45, 2.75) is 31.6 Å². The van der Waals surface area contributed by atoms with E-state index >= 15 is 0 Å². The van der Waals surface area contributed by atoms with Gasteiger partial charge >= 0.3 is 0 Å². The van der Waals surface area contributed by atoms with Crippen LogP contribution in [0.1, 0.15) is 36.2 Å². The number of aryl methyl sites for hydroxylation is 1. The first kappa shape index (κ1) is 14.0. The van der Waals surface area contributed by atoms with E-state index in [1.807, 2.05) is 24.0 Å². The van der Waals surface area contributed by atoms with Gasteiger partial charge in [0, 0.05) is 6.54 Å². The molecule has 1 amide bonds. The van der Waals surface area contributed by atoms with Crippen molar-refractivity contribution in [1.82, 2.24) is 9.80 Å². The molecule has 1 atom stereocenters. The maximum Gasteiger partial charge on any atom is 0.233 e. The Morgan fingerprint density at radius 1 is 1.30 bits per heavy atom. The topological polar surface area (TPSA) is 36.7 Å². The van der Waals surface area contributed by atoms with Gasteiger partial charge in [0.2, 0.25) is 5.91 Å². The van der Waals surface area contributed by atoms with Crippen LogP contribution in [-0.2, 0) is 4.79 Å². The lowest BCUT2D eigenvalue weighted by molar-refractivity contribution is -0.128. The molecule has 0 radical (unpaired) electrons. The Morgan fingerprint density at radius 2 is 2.10 bits per heavy atom. The zero-order valence-corrected chi connectivity index (χ0v) is 12.8. The molecule has 1 aromatic heterocycles. The monoisotopic (exact) mass is 294 g/mol. The summed E-state index contributed by atoms with van der Waals surface area (Å²) in [5.74, 6) is 2.65. The van der Waals surface area contributed by atoms with E-state index in [0.717, 1.165) is 31.0 Å². The Hall–Kier alpha value is -0.940. The predicted molar refractivity (Wildman–Crippen MR) is 80.6 cm³/mol. The number of hydrogen-bond donors (Lipinski definition) is 0. The number of hydrogen-bond acceptors (Lipinski definition) is 4. The first-order chi connectivity index (χ1) is 9.74. The third kappa shape index (κ3) is 3.04. The van der Waals surface area contributed by atoms with Crippen LogP contribution in [0.4, 0.5) is 0 Å². The number of carbonyl (C=O) groups excluding carboxylic acids is 1. The second-order valence-corrected chi connectivity index (χ2v) is 6.67. The SMILES string of the molecule is Cc1ccc(C2SCC(=O)N2CCCN2CCCC2)o1. The second-order valence-electron chi connectivity index (χ2n) is 5.60. The molecular weight excluding hydrogens is 272 g/mol. The molecule has 5 heteroatoms. The van der Waals surface area contributed by atoms with Crippen LogP contribution in [0.3, 0.4) is 0 Å². The van der Waals surface area contributed by atoms with Crippen LogP contribution in [-0.4, -0.2) is 47.6 Å². The molecule has 0 saturated carbocycles. The van der Waals surface area contributed by atoms with Crippen molar-refractivity contribution in [3.8, 4) is 0 Å². The molecular formula is C15H22N2O2S. The fourth-order valence-electron chi connectivity index (χ4n) is 2.99. The highest BCUT2D eigenvalue weighted by Crippen LogP contribution is 2.39. The lowest BCUT2D eigenvalue weighted by Crippen LogP contribution is -2.31. The average Bonchev–Trinajstić information content (AvgIpc) is 3.13. The summed E-state index contributed by atoms with van der Waals surface area (Å²) in [7, 11) is 0. The minimum absolute atomic E-state index is 0.0785. The summed E-state index contributed by atoms with van der Waals surface area (Å²) in [5, 5.41) is 0.0785. The van der Waals surface area contributed by atoms with E-state index in [9.17, 15) is 4.79 Å². The van der Waals surface area contributed by atoms with Gasteiger partial charge in [0.05, 0.1) is 5.75 Å². The Bertz CT molecular complexity index is 468. The molecule has 4 nitrogen and oxygen atoms in total.